The van der Waals surface area contributed by atoms with E-state index in [1.54, 1.807) is 11.8 Å². The van der Waals surface area contributed by atoms with E-state index in [9.17, 15) is 9.59 Å². The van der Waals surface area contributed by atoms with Crippen molar-refractivity contribution in [2.45, 2.75) is 83.6 Å². The highest BCUT2D eigenvalue weighted by molar-refractivity contribution is 9.09. The average Bonchev–Trinajstić information content (AvgIpc) is 3.10. The molecule has 1 amide bonds. The summed E-state index contributed by atoms with van der Waals surface area (Å²) >= 11 is 3.45. The van der Waals surface area contributed by atoms with Gasteiger partial charge < -0.3 is 9.16 Å². The van der Waals surface area contributed by atoms with E-state index < -0.39 is 32.2 Å². The number of halogens is 1. The summed E-state index contributed by atoms with van der Waals surface area (Å²) in [4.78, 5) is 27.8. The molecule has 196 valence electrons. The topological polar surface area (TPSA) is 55.8 Å². The maximum Gasteiger partial charge on any atom is 0.411 e. The lowest BCUT2D eigenvalue weighted by Gasteiger charge is -2.48. The summed E-state index contributed by atoms with van der Waals surface area (Å²) in [6.07, 6.45) is 1.42. The number of Topliss-reactive ketones (excluding diaryl/α,β-unsaturated/α-hetero) is 1. The minimum absolute atomic E-state index is 0.0771. The molecule has 0 radical (unpaired) electrons. The number of ether oxygens (including phenoxy) is 1. The van der Waals surface area contributed by atoms with Crippen molar-refractivity contribution in [1.82, 2.24) is 4.90 Å². The van der Waals surface area contributed by atoms with Crippen molar-refractivity contribution >= 4 is 46.5 Å². The van der Waals surface area contributed by atoms with Gasteiger partial charge in [0.1, 0.15) is 6.04 Å². The van der Waals surface area contributed by atoms with Gasteiger partial charge in [0.25, 0.3) is 8.32 Å². The van der Waals surface area contributed by atoms with Crippen LogP contribution in [-0.2, 0) is 14.0 Å². The minimum atomic E-state index is -2.91. The van der Waals surface area contributed by atoms with Gasteiger partial charge in [-0.25, -0.2) is 4.79 Å². The Morgan fingerprint density at radius 1 is 1.08 bits per heavy atom. The third kappa shape index (κ3) is 5.34. The Labute approximate surface area is 225 Å². The molecule has 1 heterocycles. The quantitative estimate of drug-likeness (QED) is 0.197. The molecule has 0 unspecified atom stereocenters. The van der Waals surface area contributed by atoms with Crippen molar-refractivity contribution < 1.29 is 18.8 Å². The highest BCUT2D eigenvalue weighted by Gasteiger charge is 2.60. The molecule has 36 heavy (non-hydrogen) atoms. The first-order chi connectivity index (χ1) is 17.0. The number of cyclic esters (lactones) is 1. The predicted octanol–water partition coefficient (Wildman–Crippen LogP) is 5.69. The fraction of sp³-hybridized carbons (Fsp3) is 0.517. The summed E-state index contributed by atoms with van der Waals surface area (Å²) in [6, 6.07) is 20.1. The van der Waals surface area contributed by atoms with Crippen molar-refractivity contribution in [2.24, 2.45) is 0 Å². The molecule has 0 bridgehead atoms. The minimum Gasteiger partial charge on any atom is -0.438 e. The van der Waals surface area contributed by atoms with Gasteiger partial charge in [0.2, 0.25) is 0 Å². The maximum atomic E-state index is 13.1. The molecule has 1 aliphatic heterocycles. The number of amides is 1. The lowest BCUT2D eigenvalue weighted by Crippen LogP contribution is -2.70. The third-order valence-electron chi connectivity index (χ3n) is 7.31. The fourth-order valence-electron chi connectivity index (χ4n) is 5.69. The molecule has 0 N–H and O–H groups in total. The molecule has 2 aromatic carbocycles. The highest BCUT2D eigenvalue weighted by Crippen LogP contribution is 2.43. The predicted molar refractivity (Wildman–Crippen MR) is 152 cm³/mol. The van der Waals surface area contributed by atoms with Gasteiger partial charge in [-0.05, 0) is 48.5 Å². The van der Waals surface area contributed by atoms with Crippen molar-refractivity contribution in [3.63, 3.8) is 0 Å². The largest absolute Gasteiger partial charge is 0.438 e. The smallest absolute Gasteiger partial charge is 0.411 e. The van der Waals surface area contributed by atoms with E-state index >= 15 is 0 Å². The Morgan fingerprint density at radius 2 is 1.61 bits per heavy atom. The first kappa shape index (κ1) is 28.6. The van der Waals surface area contributed by atoms with Crippen LogP contribution in [0.5, 0.6) is 0 Å². The lowest BCUT2D eigenvalue weighted by atomic mass is 9.86. The number of alkyl halides is 1. The number of nitrogens with zero attached hydrogens (tertiary/aromatic N) is 1. The van der Waals surface area contributed by atoms with Gasteiger partial charge in [-0.2, -0.15) is 0 Å². The van der Waals surface area contributed by atoms with Gasteiger partial charge in [0.15, 0.2) is 11.4 Å². The second-order valence-electron chi connectivity index (χ2n) is 10.8. The van der Waals surface area contributed by atoms with E-state index in [2.05, 4.69) is 85.2 Å². The summed E-state index contributed by atoms with van der Waals surface area (Å²) in [5, 5.41) is 2.93. The summed E-state index contributed by atoms with van der Waals surface area (Å²) in [7, 11) is -2.91. The number of carbonyl (C=O) groups is 2. The van der Waals surface area contributed by atoms with Crippen LogP contribution < -0.4 is 10.4 Å². The Kier molecular flexibility index (Phi) is 9.23. The molecule has 1 saturated heterocycles. The molecular formula is C29H40BrNO4Si. The summed E-state index contributed by atoms with van der Waals surface area (Å²) in [6.45, 7) is 12.6. The van der Waals surface area contributed by atoms with Crippen LogP contribution in [0.2, 0.25) is 5.04 Å². The molecule has 3 atom stereocenters. The van der Waals surface area contributed by atoms with Crippen LogP contribution in [0, 0.1) is 0 Å². The molecule has 1 aliphatic rings. The van der Waals surface area contributed by atoms with Crippen LogP contribution >= 0.6 is 15.9 Å². The second kappa shape index (κ2) is 11.6. The van der Waals surface area contributed by atoms with E-state index in [1.807, 2.05) is 26.0 Å². The zero-order valence-corrected chi connectivity index (χ0v) is 25.0. The summed E-state index contributed by atoms with van der Waals surface area (Å²) < 4.78 is 13.5. The van der Waals surface area contributed by atoms with Crippen LogP contribution in [0.3, 0.4) is 0 Å². The van der Waals surface area contributed by atoms with Crippen LogP contribution in [-0.4, -0.2) is 54.7 Å². The molecule has 0 aromatic heterocycles. The Morgan fingerprint density at radius 3 is 2.03 bits per heavy atom. The molecule has 0 saturated carbocycles. The normalized spacial score (nSPS) is 21.4. The first-order valence-electron chi connectivity index (χ1n) is 12.9. The number of unbranched alkanes of at least 4 members (excludes halogenated alkanes) is 1. The number of hydrogen-bond donors (Lipinski definition) is 0. The molecule has 7 heteroatoms. The Bertz CT molecular complexity index is 987. The molecular weight excluding hydrogens is 534 g/mol. The van der Waals surface area contributed by atoms with E-state index in [4.69, 9.17) is 9.16 Å². The fourth-order valence-corrected chi connectivity index (χ4v) is 10.9. The van der Waals surface area contributed by atoms with Crippen LogP contribution in [0.15, 0.2) is 60.7 Å². The Balaban J connectivity index is 2.14. The molecule has 5 nitrogen and oxygen atoms in total. The van der Waals surface area contributed by atoms with E-state index in [0.29, 0.717) is 13.0 Å². The monoisotopic (exact) mass is 573 g/mol. The van der Waals surface area contributed by atoms with Crippen molar-refractivity contribution in [3.05, 3.63) is 60.7 Å². The van der Waals surface area contributed by atoms with Gasteiger partial charge in [0, 0.05) is 11.9 Å². The summed E-state index contributed by atoms with van der Waals surface area (Å²) in [5.41, 5.74) is -1.10. The molecule has 1 fully saturated rings. The van der Waals surface area contributed by atoms with Crippen LogP contribution in [0.25, 0.3) is 0 Å². The standard InChI is InChI=1S/C29H40BrNO4Si/c1-7-25(29(6)26(22(2)32)31(27(33)34-29)21-15-14-20-30)35-36(28(3,4)5,23-16-10-8-11-17-23)24-18-12-9-13-19-24/h8-13,16-19,25-26H,7,14-15,20-21H2,1-6H3/t25-,26-,29-/m1/s1. The van der Waals surface area contributed by atoms with Crippen LogP contribution in [0.1, 0.15) is 60.8 Å². The number of benzene rings is 2. The second-order valence-corrected chi connectivity index (χ2v) is 15.9. The zero-order valence-electron chi connectivity index (χ0n) is 22.4. The number of ketones is 1. The van der Waals surface area contributed by atoms with Gasteiger partial charge in [0.05, 0.1) is 6.10 Å². The molecule has 3 rings (SSSR count). The molecule has 0 aliphatic carbocycles. The maximum absolute atomic E-state index is 13.1. The van der Waals surface area contributed by atoms with Gasteiger partial charge >= 0.3 is 6.09 Å². The lowest BCUT2D eigenvalue weighted by molar-refractivity contribution is -0.128. The van der Waals surface area contributed by atoms with Crippen LogP contribution in [0.4, 0.5) is 4.79 Å². The summed E-state index contributed by atoms with van der Waals surface area (Å²) in [5.74, 6) is -0.0771. The first-order valence-corrected chi connectivity index (χ1v) is 15.9. The average molecular weight is 575 g/mol. The van der Waals surface area contributed by atoms with E-state index in [0.717, 1.165) is 28.5 Å². The van der Waals surface area contributed by atoms with Gasteiger partial charge in [-0.1, -0.05) is 104 Å². The highest BCUT2D eigenvalue weighted by atomic mass is 79.9. The van der Waals surface area contributed by atoms with E-state index in [1.165, 1.54) is 0 Å². The van der Waals surface area contributed by atoms with Crippen molar-refractivity contribution in [2.75, 3.05) is 11.9 Å². The zero-order chi connectivity index (χ0) is 26.6. The SMILES string of the molecule is CC[C@@H](O[Si](c1ccccc1)(c1ccccc1)C(C)(C)C)[C@@]1(C)OC(=O)N(CCCCBr)[C@@H]1C(C)=O. The Hall–Kier alpha value is -1.96. The third-order valence-corrected chi connectivity index (χ3v) is 12.9. The number of rotatable bonds is 11. The molecule has 0 spiro atoms. The van der Waals surface area contributed by atoms with Crippen molar-refractivity contribution in [1.29, 1.82) is 0 Å². The van der Waals surface area contributed by atoms with Gasteiger partial charge in [-0.3, -0.25) is 9.69 Å². The van der Waals surface area contributed by atoms with Gasteiger partial charge in [-0.15, -0.1) is 0 Å². The molecule has 2 aromatic rings. The van der Waals surface area contributed by atoms with Crippen molar-refractivity contribution in [3.8, 4) is 0 Å². The van der Waals surface area contributed by atoms with E-state index in [-0.39, 0.29) is 10.8 Å². The number of hydrogen-bond acceptors (Lipinski definition) is 4. The number of carbonyl (C=O) groups excluding carboxylic acids is 2.